The number of nitrogens with one attached hydrogen (secondary N) is 2. The number of carbonyl (C=O) groups excluding carboxylic acids is 4. The second-order valence-corrected chi connectivity index (χ2v) is 4.09. The first kappa shape index (κ1) is 16.2. The van der Waals surface area contributed by atoms with Gasteiger partial charge in [0, 0.05) is 31.7 Å². The molecule has 102 valence electrons. The minimum atomic E-state index is -1.45. The fourth-order valence-corrected chi connectivity index (χ4v) is 1.26. The standard InChI is InChI=1S/C6H10FNO2.C5H7NO2/c1-4(3-5(7)9)6(10)8-2;1-3-2-4(7)6-5(3)8/h4H,3H2,1-2H3,(H,8,10);3H,2H2,1H3,(H,6,7,8). The van der Waals surface area contributed by atoms with Gasteiger partial charge in [-0.25, -0.2) is 0 Å². The van der Waals surface area contributed by atoms with Gasteiger partial charge in [0.25, 0.3) is 0 Å². The van der Waals surface area contributed by atoms with Crippen molar-refractivity contribution in [3.63, 3.8) is 0 Å². The Morgan fingerprint density at radius 1 is 1.50 bits per heavy atom. The van der Waals surface area contributed by atoms with E-state index in [9.17, 15) is 23.6 Å². The van der Waals surface area contributed by atoms with Crippen molar-refractivity contribution in [1.82, 2.24) is 10.6 Å². The van der Waals surface area contributed by atoms with E-state index < -0.39 is 12.0 Å². The number of imide groups is 1. The van der Waals surface area contributed by atoms with Crippen LogP contribution in [-0.4, -0.2) is 30.8 Å². The van der Waals surface area contributed by atoms with E-state index in [4.69, 9.17) is 0 Å². The Morgan fingerprint density at radius 2 is 2.06 bits per heavy atom. The Labute approximate surface area is 104 Å². The molecule has 1 heterocycles. The monoisotopic (exact) mass is 260 g/mol. The average Bonchev–Trinajstić information content (AvgIpc) is 2.55. The quantitative estimate of drug-likeness (QED) is 0.548. The number of amides is 3. The van der Waals surface area contributed by atoms with Gasteiger partial charge in [-0.3, -0.25) is 24.5 Å². The number of hydrogen-bond acceptors (Lipinski definition) is 4. The molecule has 0 spiro atoms. The van der Waals surface area contributed by atoms with Crippen LogP contribution in [0.3, 0.4) is 0 Å². The predicted molar refractivity (Wildman–Crippen MR) is 60.9 cm³/mol. The van der Waals surface area contributed by atoms with Crippen molar-refractivity contribution < 1.29 is 23.6 Å². The van der Waals surface area contributed by atoms with Crippen molar-refractivity contribution in [2.45, 2.75) is 26.7 Å². The molecular formula is C11H17FN2O4. The summed E-state index contributed by atoms with van der Waals surface area (Å²) in [6, 6.07) is -1.45. The second kappa shape index (κ2) is 7.52. The van der Waals surface area contributed by atoms with Gasteiger partial charge < -0.3 is 5.32 Å². The molecule has 2 N–H and O–H groups in total. The minimum Gasteiger partial charge on any atom is -0.359 e. The van der Waals surface area contributed by atoms with Crippen molar-refractivity contribution in [3.05, 3.63) is 0 Å². The van der Waals surface area contributed by atoms with Crippen LogP contribution in [0, 0.1) is 11.8 Å². The molecule has 6 nitrogen and oxygen atoms in total. The Kier molecular flexibility index (Phi) is 6.77. The van der Waals surface area contributed by atoms with Gasteiger partial charge in [0.2, 0.25) is 17.7 Å². The molecule has 0 radical (unpaired) electrons. The molecule has 0 saturated carbocycles. The summed E-state index contributed by atoms with van der Waals surface area (Å²) in [5.41, 5.74) is 0. The smallest absolute Gasteiger partial charge is 0.302 e. The van der Waals surface area contributed by atoms with Crippen molar-refractivity contribution in [1.29, 1.82) is 0 Å². The zero-order valence-electron chi connectivity index (χ0n) is 10.6. The summed E-state index contributed by atoms with van der Waals surface area (Å²) >= 11 is 0. The molecule has 0 aromatic rings. The van der Waals surface area contributed by atoms with Crippen molar-refractivity contribution in [2.75, 3.05) is 7.05 Å². The van der Waals surface area contributed by atoms with E-state index in [1.807, 2.05) is 0 Å². The van der Waals surface area contributed by atoms with Gasteiger partial charge >= 0.3 is 6.04 Å². The fraction of sp³-hybridized carbons (Fsp3) is 0.636. The molecule has 0 bridgehead atoms. The minimum absolute atomic E-state index is 0.109. The molecule has 1 saturated heterocycles. The lowest BCUT2D eigenvalue weighted by Gasteiger charge is -2.04. The molecule has 1 fully saturated rings. The van der Waals surface area contributed by atoms with Gasteiger partial charge in [-0.05, 0) is 0 Å². The third-order valence-corrected chi connectivity index (χ3v) is 2.36. The van der Waals surface area contributed by atoms with E-state index in [1.165, 1.54) is 14.0 Å². The maximum atomic E-state index is 11.6. The van der Waals surface area contributed by atoms with Crippen LogP contribution in [0.5, 0.6) is 0 Å². The van der Waals surface area contributed by atoms with E-state index in [0.717, 1.165) is 0 Å². The molecule has 1 aliphatic heterocycles. The van der Waals surface area contributed by atoms with Crippen LogP contribution >= 0.6 is 0 Å². The molecule has 0 aromatic heterocycles. The molecular weight excluding hydrogens is 243 g/mol. The van der Waals surface area contributed by atoms with Crippen molar-refractivity contribution in [3.8, 4) is 0 Å². The van der Waals surface area contributed by atoms with Crippen molar-refractivity contribution in [2.24, 2.45) is 11.8 Å². The molecule has 7 heteroatoms. The third-order valence-electron chi connectivity index (χ3n) is 2.36. The van der Waals surface area contributed by atoms with Gasteiger partial charge in [0.15, 0.2) is 0 Å². The summed E-state index contributed by atoms with van der Waals surface area (Å²) < 4.78 is 11.6. The Morgan fingerprint density at radius 3 is 2.28 bits per heavy atom. The van der Waals surface area contributed by atoms with Gasteiger partial charge in [0.05, 0.1) is 0 Å². The van der Waals surface area contributed by atoms with Crippen molar-refractivity contribution >= 4 is 23.8 Å². The van der Waals surface area contributed by atoms with E-state index in [-0.39, 0.29) is 30.1 Å². The van der Waals surface area contributed by atoms with Crippen LogP contribution in [0.2, 0.25) is 0 Å². The number of carbonyl (C=O) groups is 4. The van der Waals surface area contributed by atoms with E-state index in [1.54, 1.807) is 6.92 Å². The first-order valence-electron chi connectivity index (χ1n) is 5.51. The van der Waals surface area contributed by atoms with Gasteiger partial charge in [-0.15, -0.1) is 0 Å². The summed E-state index contributed by atoms with van der Waals surface area (Å²) in [6.07, 6.45) is 0.0263. The van der Waals surface area contributed by atoms with Crippen LogP contribution < -0.4 is 10.6 Å². The highest BCUT2D eigenvalue weighted by molar-refractivity contribution is 6.03. The molecule has 2 unspecified atom stereocenters. The zero-order valence-corrected chi connectivity index (χ0v) is 10.6. The molecule has 1 aliphatic rings. The third kappa shape index (κ3) is 6.07. The SMILES string of the molecule is CC1CC(=O)NC1=O.CNC(=O)C(C)CC(=O)F. The second-order valence-electron chi connectivity index (χ2n) is 4.09. The Balaban J connectivity index is 0.000000327. The number of hydrogen-bond donors (Lipinski definition) is 2. The summed E-state index contributed by atoms with van der Waals surface area (Å²) in [5.74, 6) is -1.28. The zero-order chi connectivity index (χ0) is 14.3. The number of rotatable bonds is 3. The lowest BCUT2D eigenvalue weighted by molar-refractivity contribution is -0.134. The molecule has 18 heavy (non-hydrogen) atoms. The molecule has 1 rings (SSSR count). The van der Waals surface area contributed by atoms with Crippen LogP contribution in [0.1, 0.15) is 26.7 Å². The first-order valence-corrected chi connectivity index (χ1v) is 5.51. The Bertz CT molecular complexity index is 357. The summed E-state index contributed by atoms with van der Waals surface area (Å²) in [7, 11) is 1.45. The van der Waals surface area contributed by atoms with Gasteiger partial charge in [0.1, 0.15) is 0 Å². The van der Waals surface area contributed by atoms with E-state index >= 15 is 0 Å². The summed E-state index contributed by atoms with van der Waals surface area (Å²) in [5, 5.41) is 4.50. The molecule has 2 atom stereocenters. The lowest BCUT2D eigenvalue weighted by Crippen LogP contribution is -2.26. The van der Waals surface area contributed by atoms with Crippen LogP contribution in [0.15, 0.2) is 0 Å². The predicted octanol–water partition coefficient (Wildman–Crippen LogP) is -0.0763. The van der Waals surface area contributed by atoms with Gasteiger partial charge in [-0.1, -0.05) is 13.8 Å². The maximum Gasteiger partial charge on any atom is 0.302 e. The topological polar surface area (TPSA) is 92.3 Å². The largest absolute Gasteiger partial charge is 0.359 e. The molecule has 0 aliphatic carbocycles. The molecule has 3 amide bonds. The summed E-state index contributed by atoms with van der Waals surface area (Å²) in [4.78, 5) is 41.2. The average molecular weight is 260 g/mol. The highest BCUT2D eigenvalue weighted by Crippen LogP contribution is 2.07. The maximum absolute atomic E-state index is 11.6. The normalized spacial score (nSPS) is 19.4. The van der Waals surface area contributed by atoms with Crippen LogP contribution in [-0.2, 0) is 19.2 Å². The van der Waals surface area contributed by atoms with Crippen LogP contribution in [0.25, 0.3) is 0 Å². The van der Waals surface area contributed by atoms with Gasteiger partial charge in [-0.2, -0.15) is 4.39 Å². The van der Waals surface area contributed by atoms with E-state index in [2.05, 4.69) is 10.6 Å². The summed E-state index contributed by atoms with van der Waals surface area (Å²) in [6.45, 7) is 3.23. The highest BCUT2D eigenvalue weighted by atomic mass is 19.1. The first-order chi connectivity index (χ1) is 8.27. The Hall–Kier alpha value is -1.79. The molecule has 0 aromatic carbocycles. The lowest BCUT2D eigenvalue weighted by atomic mass is 10.1. The van der Waals surface area contributed by atoms with Crippen LogP contribution in [0.4, 0.5) is 4.39 Å². The highest BCUT2D eigenvalue weighted by Gasteiger charge is 2.25. The number of halogens is 1. The fourth-order valence-electron chi connectivity index (χ4n) is 1.26. The van der Waals surface area contributed by atoms with E-state index in [0.29, 0.717) is 6.42 Å².